The van der Waals surface area contributed by atoms with Crippen molar-refractivity contribution in [1.82, 2.24) is 10.2 Å². The normalized spacial score (nSPS) is 13.3. The van der Waals surface area contributed by atoms with Gasteiger partial charge in [-0.15, -0.1) is 5.10 Å². The molecule has 1 amide bonds. The van der Waals surface area contributed by atoms with Crippen LogP contribution in [0, 0.1) is 5.82 Å². The molecule has 3 aromatic rings. The number of halogens is 1. The first-order valence-corrected chi connectivity index (χ1v) is 9.65. The van der Waals surface area contributed by atoms with E-state index in [-0.39, 0.29) is 18.1 Å². The van der Waals surface area contributed by atoms with E-state index in [1.54, 1.807) is 36.5 Å². The maximum Gasteiger partial charge on any atom is 0.228 e. The molecule has 7 heteroatoms. The van der Waals surface area contributed by atoms with Crippen molar-refractivity contribution in [3.05, 3.63) is 72.2 Å². The van der Waals surface area contributed by atoms with Crippen molar-refractivity contribution >= 4 is 28.8 Å². The number of rotatable bonds is 6. The van der Waals surface area contributed by atoms with Gasteiger partial charge in [0.2, 0.25) is 5.91 Å². The van der Waals surface area contributed by atoms with E-state index in [4.69, 9.17) is 0 Å². The van der Waals surface area contributed by atoms with Gasteiger partial charge < -0.3 is 15.5 Å². The Morgan fingerprint density at radius 1 is 1.03 bits per heavy atom. The highest BCUT2D eigenvalue weighted by Gasteiger charge is 2.13. The second-order valence-corrected chi connectivity index (χ2v) is 7.01. The third kappa shape index (κ3) is 4.87. The summed E-state index contributed by atoms with van der Waals surface area (Å²) in [6.45, 7) is 2.10. The quantitative estimate of drug-likeness (QED) is 0.661. The molecule has 29 heavy (non-hydrogen) atoms. The van der Waals surface area contributed by atoms with E-state index in [9.17, 15) is 9.18 Å². The summed E-state index contributed by atoms with van der Waals surface area (Å²) in [4.78, 5) is 14.5. The minimum absolute atomic E-state index is 0.00838. The molecule has 0 aliphatic carbocycles. The first kappa shape index (κ1) is 18.9. The smallest absolute Gasteiger partial charge is 0.228 e. The molecule has 0 unspecified atom stereocenters. The Hall–Kier alpha value is -3.48. The van der Waals surface area contributed by atoms with Gasteiger partial charge >= 0.3 is 0 Å². The zero-order valence-corrected chi connectivity index (χ0v) is 15.9. The summed E-state index contributed by atoms with van der Waals surface area (Å²) in [5.74, 6) is 0.0326. The van der Waals surface area contributed by atoms with Gasteiger partial charge in [0.05, 0.1) is 18.3 Å². The van der Waals surface area contributed by atoms with Crippen molar-refractivity contribution < 1.29 is 9.18 Å². The monoisotopic (exact) mass is 391 g/mol. The zero-order chi connectivity index (χ0) is 20.1. The van der Waals surface area contributed by atoms with E-state index in [0.717, 1.165) is 24.5 Å². The summed E-state index contributed by atoms with van der Waals surface area (Å²) in [5.41, 5.74) is 2.93. The molecule has 1 aliphatic heterocycles. The van der Waals surface area contributed by atoms with Crippen LogP contribution in [-0.2, 0) is 11.2 Å². The summed E-state index contributed by atoms with van der Waals surface area (Å²) in [6, 6.07) is 15.6. The van der Waals surface area contributed by atoms with Crippen molar-refractivity contribution in [1.29, 1.82) is 0 Å². The van der Waals surface area contributed by atoms with Gasteiger partial charge in [-0.1, -0.05) is 18.2 Å². The van der Waals surface area contributed by atoms with Gasteiger partial charge in [-0.2, -0.15) is 5.10 Å². The lowest BCUT2D eigenvalue weighted by Gasteiger charge is -2.17. The van der Waals surface area contributed by atoms with Crippen LogP contribution in [0.1, 0.15) is 18.4 Å². The largest absolute Gasteiger partial charge is 0.370 e. The van der Waals surface area contributed by atoms with Gasteiger partial charge in [0.15, 0.2) is 5.82 Å². The molecule has 4 rings (SSSR count). The van der Waals surface area contributed by atoms with Crippen molar-refractivity contribution in [3.63, 3.8) is 0 Å². The topological polar surface area (TPSA) is 70.2 Å². The third-order valence-corrected chi connectivity index (χ3v) is 4.86. The molecule has 2 N–H and O–H groups in total. The summed E-state index contributed by atoms with van der Waals surface area (Å²) in [6.07, 6.45) is 4.18. The Bertz CT molecular complexity index is 987. The molecule has 0 radical (unpaired) electrons. The molecule has 6 nitrogen and oxygen atoms in total. The van der Waals surface area contributed by atoms with Crippen LogP contribution in [0.15, 0.2) is 60.8 Å². The van der Waals surface area contributed by atoms with Crippen LogP contribution in [0.5, 0.6) is 0 Å². The van der Waals surface area contributed by atoms with Crippen LogP contribution in [-0.4, -0.2) is 29.2 Å². The van der Waals surface area contributed by atoms with Crippen LogP contribution in [0.2, 0.25) is 0 Å². The van der Waals surface area contributed by atoms with Crippen LogP contribution < -0.4 is 15.5 Å². The van der Waals surface area contributed by atoms with Gasteiger partial charge in [-0.05, 0) is 48.7 Å². The number of carbonyl (C=O) groups is 1. The van der Waals surface area contributed by atoms with Gasteiger partial charge in [-0.25, -0.2) is 4.39 Å². The van der Waals surface area contributed by atoms with E-state index < -0.39 is 0 Å². The lowest BCUT2D eigenvalue weighted by atomic mass is 10.1. The van der Waals surface area contributed by atoms with Crippen molar-refractivity contribution in [2.24, 2.45) is 0 Å². The number of aromatic nitrogens is 2. The molecule has 1 fully saturated rings. The van der Waals surface area contributed by atoms with Crippen LogP contribution in [0.25, 0.3) is 0 Å². The Kier molecular flexibility index (Phi) is 5.65. The minimum Gasteiger partial charge on any atom is -0.370 e. The minimum atomic E-state index is -0.375. The number of anilines is 4. The third-order valence-electron chi connectivity index (χ3n) is 4.86. The molecule has 0 atom stereocenters. The standard InChI is InChI=1S/C22H22FN5O/c23-20-6-2-1-5-16(20)13-22(29)26-18-9-7-17(8-10-18)25-21-14-19(15-24-27-21)28-11-3-4-12-28/h1-2,5-10,14-15H,3-4,11-13H2,(H,25,27)(H,26,29). The molecular formula is C22H22FN5O. The number of hydrogen-bond donors (Lipinski definition) is 2. The van der Waals surface area contributed by atoms with Gasteiger partial charge in [-0.3, -0.25) is 4.79 Å². The van der Waals surface area contributed by atoms with Crippen molar-refractivity contribution in [2.45, 2.75) is 19.3 Å². The fourth-order valence-electron chi connectivity index (χ4n) is 3.37. The highest BCUT2D eigenvalue weighted by atomic mass is 19.1. The summed E-state index contributed by atoms with van der Waals surface area (Å²) in [7, 11) is 0. The van der Waals surface area contributed by atoms with Gasteiger partial charge in [0.25, 0.3) is 0 Å². The highest BCUT2D eigenvalue weighted by Crippen LogP contribution is 2.23. The maximum absolute atomic E-state index is 13.7. The molecule has 1 saturated heterocycles. The first-order valence-electron chi connectivity index (χ1n) is 9.65. The molecule has 2 heterocycles. The average molecular weight is 391 g/mol. The van der Waals surface area contributed by atoms with Crippen LogP contribution in [0.3, 0.4) is 0 Å². The van der Waals surface area contributed by atoms with Crippen LogP contribution >= 0.6 is 0 Å². The van der Waals surface area contributed by atoms with E-state index in [1.807, 2.05) is 18.2 Å². The molecule has 148 valence electrons. The van der Waals surface area contributed by atoms with Crippen molar-refractivity contribution in [3.8, 4) is 0 Å². The molecule has 0 spiro atoms. The summed E-state index contributed by atoms with van der Waals surface area (Å²) < 4.78 is 13.7. The molecule has 0 saturated carbocycles. The first-order chi connectivity index (χ1) is 14.2. The van der Waals surface area contributed by atoms with E-state index in [1.165, 1.54) is 18.9 Å². The molecule has 2 aromatic carbocycles. The number of amides is 1. The predicted octanol–water partition coefficient (Wildman–Crippen LogP) is 4.14. The van der Waals surface area contributed by atoms with E-state index in [0.29, 0.717) is 17.1 Å². The van der Waals surface area contributed by atoms with Crippen LogP contribution in [0.4, 0.5) is 27.3 Å². The Labute approximate surface area is 168 Å². The summed E-state index contributed by atoms with van der Waals surface area (Å²) in [5, 5.41) is 14.2. The van der Waals surface area contributed by atoms with E-state index in [2.05, 4.69) is 25.7 Å². The molecular weight excluding hydrogens is 369 g/mol. The Balaban J connectivity index is 1.36. The predicted molar refractivity (Wildman–Crippen MR) is 112 cm³/mol. The number of benzene rings is 2. The van der Waals surface area contributed by atoms with Crippen molar-refractivity contribution in [2.75, 3.05) is 28.6 Å². The second kappa shape index (κ2) is 8.68. The zero-order valence-electron chi connectivity index (χ0n) is 15.9. The highest BCUT2D eigenvalue weighted by molar-refractivity contribution is 5.92. The number of carbonyl (C=O) groups excluding carboxylic acids is 1. The van der Waals surface area contributed by atoms with E-state index >= 15 is 0 Å². The lowest BCUT2D eigenvalue weighted by Crippen LogP contribution is -2.18. The number of nitrogens with one attached hydrogen (secondary N) is 2. The summed E-state index contributed by atoms with van der Waals surface area (Å²) >= 11 is 0. The fraction of sp³-hybridized carbons (Fsp3) is 0.227. The Morgan fingerprint density at radius 2 is 1.76 bits per heavy atom. The molecule has 0 bridgehead atoms. The number of nitrogens with zero attached hydrogens (tertiary/aromatic N) is 3. The number of hydrogen-bond acceptors (Lipinski definition) is 5. The van der Waals surface area contributed by atoms with Gasteiger partial charge in [0.1, 0.15) is 5.82 Å². The second-order valence-electron chi connectivity index (χ2n) is 7.01. The fourth-order valence-corrected chi connectivity index (χ4v) is 3.37. The Morgan fingerprint density at radius 3 is 2.52 bits per heavy atom. The molecule has 1 aromatic heterocycles. The molecule has 1 aliphatic rings. The SMILES string of the molecule is O=C(Cc1ccccc1F)Nc1ccc(Nc2cc(N3CCCC3)cnn2)cc1. The maximum atomic E-state index is 13.7. The lowest BCUT2D eigenvalue weighted by molar-refractivity contribution is -0.115. The average Bonchev–Trinajstić information content (AvgIpc) is 3.26. The van der Waals surface area contributed by atoms with Gasteiger partial charge in [0, 0.05) is 30.5 Å².